The SMILES string of the molecule is CC(=O)n1cc(C(=O)O)c2c(F)c(-c3ccc([C@@H]4CCCCO4)cc3)c(F)cc21. The normalized spacial score (nSPS) is 16.9. The first-order valence-electron chi connectivity index (χ1n) is 9.37. The van der Waals surface area contributed by atoms with Crippen molar-refractivity contribution in [1.82, 2.24) is 4.57 Å². The number of benzene rings is 2. The highest BCUT2D eigenvalue weighted by Gasteiger charge is 2.25. The van der Waals surface area contributed by atoms with Gasteiger partial charge in [-0.25, -0.2) is 13.6 Å². The summed E-state index contributed by atoms with van der Waals surface area (Å²) in [7, 11) is 0. The zero-order valence-corrected chi connectivity index (χ0v) is 15.7. The van der Waals surface area contributed by atoms with Crippen molar-refractivity contribution in [3.05, 3.63) is 59.3 Å². The molecule has 150 valence electrons. The molecule has 0 saturated carbocycles. The van der Waals surface area contributed by atoms with E-state index < -0.39 is 23.5 Å². The van der Waals surface area contributed by atoms with E-state index in [-0.39, 0.29) is 33.7 Å². The van der Waals surface area contributed by atoms with Gasteiger partial charge in [-0.3, -0.25) is 9.36 Å². The lowest BCUT2D eigenvalue weighted by Crippen LogP contribution is -2.11. The fourth-order valence-corrected chi connectivity index (χ4v) is 3.87. The minimum Gasteiger partial charge on any atom is -0.478 e. The van der Waals surface area contributed by atoms with Gasteiger partial charge in [0.2, 0.25) is 5.91 Å². The molecule has 3 aromatic rings. The van der Waals surface area contributed by atoms with Crippen molar-refractivity contribution in [1.29, 1.82) is 0 Å². The fraction of sp³-hybridized carbons (Fsp3) is 0.273. The molecule has 2 aromatic carbocycles. The van der Waals surface area contributed by atoms with Crippen LogP contribution in [-0.4, -0.2) is 28.2 Å². The number of carbonyl (C=O) groups excluding carboxylic acids is 1. The van der Waals surface area contributed by atoms with Crippen molar-refractivity contribution in [2.24, 2.45) is 0 Å². The number of hydrogen-bond acceptors (Lipinski definition) is 3. The molecule has 1 aliphatic rings. The van der Waals surface area contributed by atoms with Gasteiger partial charge in [-0.15, -0.1) is 0 Å². The van der Waals surface area contributed by atoms with E-state index in [0.717, 1.165) is 41.7 Å². The molecule has 1 atom stereocenters. The molecular weight excluding hydrogens is 380 g/mol. The summed E-state index contributed by atoms with van der Waals surface area (Å²) < 4.78 is 36.8. The van der Waals surface area contributed by atoms with E-state index >= 15 is 4.39 Å². The van der Waals surface area contributed by atoms with Crippen LogP contribution in [0.3, 0.4) is 0 Å². The van der Waals surface area contributed by atoms with Crippen molar-refractivity contribution in [2.75, 3.05) is 6.61 Å². The molecule has 0 aliphatic carbocycles. The highest BCUT2D eigenvalue weighted by Crippen LogP contribution is 2.36. The fourth-order valence-electron chi connectivity index (χ4n) is 3.87. The number of hydrogen-bond donors (Lipinski definition) is 1. The Morgan fingerprint density at radius 1 is 1.17 bits per heavy atom. The maximum absolute atomic E-state index is 15.3. The van der Waals surface area contributed by atoms with Crippen LogP contribution in [0, 0.1) is 11.6 Å². The number of carboxylic acids is 1. The first kappa shape index (κ1) is 19.3. The largest absolute Gasteiger partial charge is 0.478 e. The molecule has 29 heavy (non-hydrogen) atoms. The van der Waals surface area contributed by atoms with Crippen LogP contribution in [0.2, 0.25) is 0 Å². The molecule has 1 N–H and O–H groups in total. The Kier molecular flexibility index (Phi) is 4.92. The van der Waals surface area contributed by atoms with Crippen LogP contribution in [-0.2, 0) is 4.74 Å². The number of halogens is 2. The maximum Gasteiger partial charge on any atom is 0.338 e. The summed E-state index contributed by atoms with van der Waals surface area (Å²) in [4.78, 5) is 23.3. The summed E-state index contributed by atoms with van der Waals surface area (Å²) in [5.74, 6) is -3.80. The second-order valence-corrected chi connectivity index (χ2v) is 7.16. The quantitative estimate of drug-likeness (QED) is 0.658. The van der Waals surface area contributed by atoms with Gasteiger partial charge in [-0.2, -0.15) is 0 Å². The molecule has 0 radical (unpaired) electrons. The van der Waals surface area contributed by atoms with Crippen molar-refractivity contribution >= 4 is 22.8 Å². The van der Waals surface area contributed by atoms with E-state index in [2.05, 4.69) is 0 Å². The van der Waals surface area contributed by atoms with Gasteiger partial charge in [0.1, 0.15) is 11.6 Å². The molecule has 1 aromatic heterocycles. The van der Waals surface area contributed by atoms with Crippen molar-refractivity contribution < 1.29 is 28.2 Å². The Bertz CT molecular complexity index is 1110. The standard InChI is InChI=1S/C22H19F2NO4/c1-12(26)25-11-15(22(27)28)20-17(25)10-16(23)19(21(20)24)14-7-5-13(6-8-14)18-4-2-3-9-29-18/h5-8,10-11,18H,2-4,9H2,1H3,(H,27,28)/t18-/m0/s1. The molecular formula is C22H19F2NO4. The first-order valence-corrected chi connectivity index (χ1v) is 9.37. The summed E-state index contributed by atoms with van der Waals surface area (Å²) >= 11 is 0. The minimum absolute atomic E-state index is 0.0295. The van der Waals surface area contributed by atoms with Crippen molar-refractivity contribution in [3.8, 4) is 11.1 Å². The third-order valence-corrected chi connectivity index (χ3v) is 5.30. The first-order chi connectivity index (χ1) is 13.9. The van der Waals surface area contributed by atoms with E-state index in [0.29, 0.717) is 6.61 Å². The van der Waals surface area contributed by atoms with Gasteiger partial charge in [-0.05, 0) is 36.5 Å². The van der Waals surface area contributed by atoms with Crippen LogP contribution in [0.5, 0.6) is 0 Å². The molecule has 4 rings (SSSR count). The topological polar surface area (TPSA) is 68.5 Å². The molecule has 7 heteroatoms. The third kappa shape index (κ3) is 3.31. The van der Waals surface area contributed by atoms with E-state index in [1.165, 1.54) is 6.92 Å². The summed E-state index contributed by atoms with van der Waals surface area (Å²) in [5.41, 5.74) is 0.400. The predicted molar refractivity (Wildman–Crippen MR) is 103 cm³/mol. The van der Waals surface area contributed by atoms with Crippen LogP contribution >= 0.6 is 0 Å². The number of nitrogens with zero attached hydrogens (tertiary/aromatic N) is 1. The minimum atomic E-state index is -1.39. The molecule has 0 unspecified atom stereocenters. The summed E-state index contributed by atoms with van der Waals surface area (Å²) in [6.07, 6.45) is 3.98. The van der Waals surface area contributed by atoms with Gasteiger partial charge in [-0.1, -0.05) is 24.3 Å². The summed E-state index contributed by atoms with van der Waals surface area (Å²) in [6, 6.07) is 7.74. The molecule has 1 aliphatic heterocycles. The molecule has 0 spiro atoms. The predicted octanol–water partition coefficient (Wildman–Crippen LogP) is 5.19. The number of ether oxygens (including phenoxy) is 1. The maximum atomic E-state index is 15.3. The molecule has 5 nitrogen and oxygen atoms in total. The highest BCUT2D eigenvalue weighted by molar-refractivity contribution is 6.08. The second-order valence-electron chi connectivity index (χ2n) is 7.16. The van der Waals surface area contributed by atoms with E-state index in [9.17, 15) is 19.1 Å². The zero-order chi connectivity index (χ0) is 20.7. The Balaban J connectivity index is 1.84. The van der Waals surface area contributed by atoms with Gasteiger partial charge in [0, 0.05) is 19.7 Å². The number of aromatic carboxylic acids is 1. The molecule has 1 fully saturated rings. The van der Waals surface area contributed by atoms with Gasteiger partial charge >= 0.3 is 5.97 Å². The Labute approximate surface area is 165 Å². The molecule has 0 bridgehead atoms. The molecule has 1 saturated heterocycles. The lowest BCUT2D eigenvalue weighted by molar-refractivity contribution is 0.0149. The van der Waals surface area contributed by atoms with Gasteiger partial charge in [0.25, 0.3) is 0 Å². The Morgan fingerprint density at radius 2 is 1.90 bits per heavy atom. The highest BCUT2D eigenvalue weighted by atomic mass is 19.1. The summed E-state index contributed by atoms with van der Waals surface area (Å²) in [5, 5.41) is 9.13. The van der Waals surface area contributed by atoms with Gasteiger partial charge in [0.05, 0.1) is 28.1 Å². The van der Waals surface area contributed by atoms with Crippen LogP contribution in [0.15, 0.2) is 36.5 Å². The number of fused-ring (bicyclic) bond motifs is 1. The number of rotatable bonds is 3. The number of aromatic nitrogens is 1. The Hall–Kier alpha value is -3.06. The average molecular weight is 399 g/mol. The number of carbonyl (C=O) groups is 2. The van der Waals surface area contributed by atoms with Crippen molar-refractivity contribution in [2.45, 2.75) is 32.3 Å². The van der Waals surface area contributed by atoms with E-state index in [1.807, 2.05) is 0 Å². The third-order valence-electron chi connectivity index (χ3n) is 5.30. The van der Waals surface area contributed by atoms with E-state index in [4.69, 9.17) is 4.74 Å². The van der Waals surface area contributed by atoms with E-state index in [1.54, 1.807) is 24.3 Å². The second kappa shape index (κ2) is 7.40. The zero-order valence-electron chi connectivity index (χ0n) is 15.7. The lowest BCUT2D eigenvalue weighted by Gasteiger charge is -2.23. The number of carboxylic acid groups (broad SMARTS) is 1. The monoisotopic (exact) mass is 399 g/mol. The average Bonchev–Trinajstić information content (AvgIpc) is 3.09. The lowest BCUT2D eigenvalue weighted by atomic mass is 9.96. The smallest absolute Gasteiger partial charge is 0.338 e. The molecule has 2 heterocycles. The van der Waals surface area contributed by atoms with Gasteiger partial charge in [0.15, 0.2) is 0 Å². The summed E-state index contributed by atoms with van der Waals surface area (Å²) in [6.45, 7) is 1.89. The van der Waals surface area contributed by atoms with Crippen LogP contribution in [0.1, 0.15) is 53.0 Å². The van der Waals surface area contributed by atoms with Crippen LogP contribution in [0.4, 0.5) is 8.78 Å². The van der Waals surface area contributed by atoms with Crippen LogP contribution in [0.25, 0.3) is 22.0 Å². The van der Waals surface area contributed by atoms with Crippen LogP contribution < -0.4 is 0 Å². The van der Waals surface area contributed by atoms with Gasteiger partial charge < -0.3 is 9.84 Å². The Morgan fingerprint density at radius 3 is 2.48 bits per heavy atom. The molecule has 0 amide bonds. The van der Waals surface area contributed by atoms with Crippen molar-refractivity contribution in [3.63, 3.8) is 0 Å².